The largest absolute Gasteiger partial charge is 0.492 e. The number of ether oxygens (including phenoxy) is 2. The van der Waals surface area contributed by atoms with Crippen molar-refractivity contribution in [1.29, 1.82) is 0 Å². The molecule has 46 heavy (non-hydrogen) atoms. The fraction of sp³-hybridized carbons (Fsp3) is 0.412. The van der Waals surface area contributed by atoms with Crippen molar-refractivity contribution in [3.63, 3.8) is 0 Å². The van der Waals surface area contributed by atoms with Gasteiger partial charge in [-0.1, -0.05) is 45.0 Å². The van der Waals surface area contributed by atoms with E-state index in [0.717, 1.165) is 23.3 Å². The van der Waals surface area contributed by atoms with Gasteiger partial charge in [-0.05, 0) is 76.9 Å². The number of alkyl halides is 3. The lowest BCUT2D eigenvalue weighted by atomic mass is 9.87. The number of carbonyl (C=O) groups is 2. The molecular weight excluding hydrogens is 623 g/mol. The number of rotatable bonds is 11. The van der Waals surface area contributed by atoms with Crippen LogP contribution >= 0.6 is 12.4 Å². The molecular formula is C34H39ClF3N3O5. The molecule has 0 bridgehead atoms. The van der Waals surface area contributed by atoms with Crippen molar-refractivity contribution in [3.05, 3.63) is 89.5 Å². The van der Waals surface area contributed by atoms with Crippen molar-refractivity contribution in [2.45, 2.75) is 50.9 Å². The first-order valence-corrected chi connectivity index (χ1v) is 15.0. The normalized spacial score (nSPS) is 19.4. The average Bonchev–Trinajstić information content (AvgIpc) is 3.42. The predicted molar refractivity (Wildman–Crippen MR) is 171 cm³/mol. The summed E-state index contributed by atoms with van der Waals surface area (Å²) in [4.78, 5) is 26.1. The maximum Gasteiger partial charge on any atom is 0.416 e. The number of halogens is 4. The zero-order chi connectivity index (χ0) is 32.4. The van der Waals surface area contributed by atoms with E-state index >= 15 is 0 Å². The Bertz CT molecular complexity index is 1470. The van der Waals surface area contributed by atoms with Gasteiger partial charge in [-0.15, -0.1) is 12.4 Å². The summed E-state index contributed by atoms with van der Waals surface area (Å²) >= 11 is 0. The van der Waals surface area contributed by atoms with Crippen molar-refractivity contribution in [3.8, 4) is 11.5 Å². The highest BCUT2D eigenvalue weighted by Gasteiger charge is 2.56. The molecule has 2 unspecified atom stereocenters. The highest BCUT2D eigenvalue weighted by atomic mass is 35.5. The van der Waals surface area contributed by atoms with Crippen molar-refractivity contribution < 1.29 is 37.3 Å². The van der Waals surface area contributed by atoms with Crippen LogP contribution < -0.4 is 20.1 Å². The number of carbonyl (C=O) groups excluding carboxylic acids is 1. The summed E-state index contributed by atoms with van der Waals surface area (Å²) in [5.41, 5.74) is 1.52. The van der Waals surface area contributed by atoms with Gasteiger partial charge >= 0.3 is 18.2 Å². The second-order valence-corrected chi connectivity index (χ2v) is 12.6. The Morgan fingerprint density at radius 3 is 2.00 bits per heavy atom. The van der Waals surface area contributed by atoms with Crippen LogP contribution in [0.15, 0.2) is 72.8 Å². The van der Waals surface area contributed by atoms with Gasteiger partial charge in [0.05, 0.1) is 5.56 Å². The van der Waals surface area contributed by atoms with Crippen LogP contribution in [0.25, 0.3) is 0 Å². The third kappa shape index (κ3) is 8.85. The third-order valence-electron chi connectivity index (χ3n) is 8.31. The van der Waals surface area contributed by atoms with Crippen molar-refractivity contribution in [1.82, 2.24) is 10.2 Å². The van der Waals surface area contributed by atoms with Gasteiger partial charge in [0, 0.05) is 37.8 Å². The number of aliphatic carboxylic acids is 1. The van der Waals surface area contributed by atoms with E-state index in [1.807, 2.05) is 36.4 Å². The van der Waals surface area contributed by atoms with E-state index in [4.69, 9.17) is 9.47 Å². The lowest BCUT2D eigenvalue weighted by molar-refractivity contribution is -0.145. The van der Waals surface area contributed by atoms with Crippen LogP contribution in [-0.4, -0.2) is 60.4 Å². The number of hydrogen-bond acceptors (Lipinski definition) is 5. The van der Waals surface area contributed by atoms with E-state index in [1.165, 1.54) is 12.1 Å². The van der Waals surface area contributed by atoms with Crippen LogP contribution in [0.3, 0.4) is 0 Å². The van der Waals surface area contributed by atoms with Crippen molar-refractivity contribution in [2.75, 3.05) is 31.6 Å². The van der Waals surface area contributed by atoms with E-state index in [2.05, 4.69) is 31.4 Å². The van der Waals surface area contributed by atoms with Gasteiger partial charge in [0.25, 0.3) is 0 Å². The molecule has 3 aromatic rings. The molecule has 2 fully saturated rings. The number of amides is 2. The van der Waals surface area contributed by atoms with Crippen LogP contribution in [-0.2, 0) is 22.8 Å². The Labute approximate surface area is 272 Å². The Hall–Kier alpha value is -3.96. The third-order valence-corrected chi connectivity index (χ3v) is 8.31. The number of hydrogen-bond donors (Lipinski definition) is 3. The van der Waals surface area contributed by atoms with Crippen molar-refractivity contribution >= 4 is 30.1 Å². The van der Waals surface area contributed by atoms with Gasteiger partial charge in [-0.3, -0.25) is 0 Å². The molecule has 1 aliphatic heterocycles. The summed E-state index contributed by atoms with van der Waals surface area (Å²) in [6.07, 6.45) is -5.23. The summed E-state index contributed by atoms with van der Waals surface area (Å²) in [5, 5.41) is 15.8. The fourth-order valence-corrected chi connectivity index (χ4v) is 5.65. The lowest BCUT2D eigenvalue weighted by Crippen LogP contribution is -2.38. The number of likely N-dealkylation sites (tertiary alicyclic amines) is 1. The zero-order valence-electron chi connectivity index (χ0n) is 25.8. The van der Waals surface area contributed by atoms with E-state index < -0.39 is 23.8 Å². The number of nitrogens with one attached hydrogen (secondary N) is 2. The predicted octanol–water partition coefficient (Wildman–Crippen LogP) is 6.63. The SMILES string of the molecule is CC(C)(C)c1ccc(O[C@@H](Cc2ccc(OCCNC3C4CN(C(=O)Nc5ccc(C(F)(F)F)cc5)C[C@@H]43)cc2)C(=O)O)cc1.Cl. The molecule has 1 aliphatic carbocycles. The summed E-state index contributed by atoms with van der Waals surface area (Å²) in [7, 11) is 0. The highest BCUT2D eigenvalue weighted by Crippen LogP contribution is 2.45. The second kappa shape index (κ2) is 14.2. The minimum atomic E-state index is -4.42. The zero-order valence-corrected chi connectivity index (χ0v) is 26.7. The standard InChI is InChI=1S/C34H38F3N3O5.ClH/c1-33(2,3)22-8-14-26(15-9-22)45-29(31(41)42)18-21-4-12-25(13-5-21)44-17-16-38-30-27-19-40(20-28(27)30)32(43)39-24-10-6-23(7-11-24)34(35,36)37;/h4-15,27-30,38H,16-20H2,1-3H3,(H,39,43)(H,41,42);1H/t27-,28?,29-,30?;/m0./s1. The monoisotopic (exact) mass is 661 g/mol. The topological polar surface area (TPSA) is 100 Å². The lowest BCUT2D eigenvalue weighted by Gasteiger charge is -2.21. The molecule has 1 saturated carbocycles. The molecule has 12 heteroatoms. The first-order chi connectivity index (χ1) is 21.3. The Kier molecular flexibility index (Phi) is 10.8. The molecule has 1 saturated heterocycles. The van der Waals surface area contributed by atoms with Gasteiger partial charge in [0.1, 0.15) is 18.1 Å². The molecule has 4 atom stereocenters. The van der Waals surface area contributed by atoms with E-state index in [0.29, 0.717) is 61.3 Å². The van der Waals surface area contributed by atoms with Crippen molar-refractivity contribution in [2.24, 2.45) is 11.8 Å². The first kappa shape index (κ1) is 34.9. The summed E-state index contributed by atoms with van der Waals surface area (Å²) < 4.78 is 49.9. The van der Waals surface area contributed by atoms with E-state index in [9.17, 15) is 27.9 Å². The van der Waals surface area contributed by atoms with Crippen LogP contribution in [0.1, 0.15) is 37.5 Å². The van der Waals surface area contributed by atoms with E-state index in [-0.39, 0.29) is 30.3 Å². The Morgan fingerprint density at radius 2 is 1.46 bits per heavy atom. The minimum Gasteiger partial charge on any atom is -0.492 e. The number of benzene rings is 3. The van der Waals surface area contributed by atoms with Gasteiger partial charge in [0.15, 0.2) is 6.10 Å². The highest BCUT2D eigenvalue weighted by molar-refractivity contribution is 5.89. The quantitative estimate of drug-likeness (QED) is 0.200. The second-order valence-electron chi connectivity index (χ2n) is 12.6. The Morgan fingerprint density at radius 1 is 0.891 bits per heavy atom. The average molecular weight is 662 g/mol. The number of urea groups is 1. The maximum absolute atomic E-state index is 12.7. The smallest absolute Gasteiger partial charge is 0.416 e. The van der Waals surface area contributed by atoms with Gasteiger partial charge in [-0.2, -0.15) is 13.2 Å². The summed E-state index contributed by atoms with van der Waals surface area (Å²) in [6, 6.07) is 19.2. The minimum absolute atomic E-state index is 0. The number of carboxylic acids is 1. The fourth-order valence-electron chi connectivity index (χ4n) is 5.65. The number of fused-ring (bicyclic) bond motifs is 1. The molecule has 0 radical (unpaired) electrons. The molecule has 248 valence electrons. The molecule has 5 rings (SSSR count). The number of nitrogens with zero attached hydrogens (tertiary/aromatic N) is 1. The molecule has 0 aromatic heterocycles. The molecule has 2 amide bonds. The summed E-state index contributed by atoms with van der Waals surface area (Å²) in [5.74, 6) is 0.825. The molecule has 1 heterocycles. The van der Waals surface area contributed by atoms with Crippen LogP contribution in [0.2, 0.25) is 0 Å². The molecule has 3 N–H and O–H groups in total. The maximum atomic E-state index is 12.7. The molecule has 3 aromatic carbocycles. The van der Waals surface area contributed by atoms with Crippen LogP contribution in [0, 0.1) is 11.8 Å². The Balaban J connectivity index is 0.00000480. The van der Waals surface area contributed by atoms with Crippen LogP contribution in [0.5, 0.6) is 11.5 Å². The van der Waals surface area contributed by atoms with Gasteiger partial charge in [0.2, 0.25) is 0 Å². The number of carboxylic acid groups (broad SMARTS) is 1. The van der Waals surface area contributed by atoms with Gasteiger partial charge < -0.3 is 30.1 Å². The molecule has 0 spiro atoms. The first-order valence-electron chi connectivity index (χ1n) is 15.0. The van der Waals surface area contributed by atoms with Gasteiger partial charge in [-0.25, -0.2) is 9.59 Å². The molecule has 2 aliphatic rings. The van der Waals surface area contributed by atoms with E-state index in [1.54, 1.807) is 17.0 Å². The van der Waals surface area contributed by atoms with Crippen LogP contribution in [0.4, 0.5) is 23.7 Å². The molecule has 8 nitrogen and oxygen atoms in total. The summed E-state index contributed by atoms with van der Waals surface area (Å²) in [6.45, 7) is 8.58. The number of piperidine rings is 1. The number of anilines is 1.